The summed E-state index contributed by atoms with van der Waals surface area (Å²) in [7, 11) is 0. The van der Waals surface area contributed by atoms with Crippen molar-refractivity contribution in [2.24, 2.45) is 5.92 Å². The molecule has 2 rings (SSSR count). The van der Waals surface area contributed by atoms with Gasteiger partial charge in [0.1, 0.15) is 5.75 Å². The van der Waals surface area contributed by atoms with Crippen molar-refractivity contribution in [1.82, 2.24) is 0 Å². The van der Waals surface area contributed by atoms with Gasteiger partial charge in [-0.1, -0.05) is 109 Å². The Bertz CT molecular complexity index is 641. The first kappa shape index (κ1) is 23.5. The second-order valence-corrected chi connectivity index (χ2v) is 8.60. The molecule has 0 amide bonds. The molecule has 160 valence electrons. The van der Waals surface area contributed by atoms with Gasteiger partial charge in [-0.05, 0) is 54.0 Å². The quantitative estimate of drug-likeness (QED) is 0.274. The molecule has 2 aromatic rings. The standard InChI is InChI=1S/C28H42O/c1-4-6-7-8-12-23-29-28-21-19-27(20-22-28)26-17-15-25(16-18-26)14-11-9-10-13-24(3)5-2/h15-22,24H,4-14,23H2,1-3H3/t24-/m0/s1. The van der Waals surface area contributed by atoms with Gasteiger partial charge in [0.15, 0.2) is 0 Å². The van der Waals surface area contributed by atoms with Gasteiger partial charge in [-0.2, -0.15) is 0 Å². The highest BCUT2D eigenvalue weighted by atomic mass is 16.5. The second-order valence-electron chi connectivity index (χ2n) is 8.60. The molecule has 2 aromatic carbocycles. The normalized spacial score (nSPS) is 12.1. The van der Waals surface area contributed by atoms with Crippen LogP contribution in [-0.4, -0.2) is 6.61 Å². The summed E-state index contributed by atoms with van der Waals surface area (Å²) in [5.74, 6) is 1.87. The highest BCUT2D eigenvalue weighted by molar-refractivity contribution is 5.64. The van der Waals surface area contributed by atoms with Crippen LogP contribution in [0, 0.1) is 5.92 Å². The molecular formula is C28H42O. The number of hydrogen-bond acceptors (Lipinski definition) is 1. The number of hydrogen-bond donors (Lipinski definition) is 0. The van der Waals surface area contributed by atoms with Crippen LogP contribution in [0.15, 0.2) is 48.5 Å². The van der Waals surface area contributed by atoms with Crippen LogP contribution in [0.2, 0.25) is 0 Å². The van der Waals surface area contributed by atoms with E-state index < -0.39 is 0 Å². The summed E-state index contributed by atoms with van der Waals surface area (Å²) in [5, 5.41) is 0. The SMILES string of the molecule is CCCCCCCOc1ccc(-c2ccc(CCCCC[C@@H](C)CC)cc2)cc1. The summed E-state index contributed by atoms with van der Waals surface area (Å²) in [6.07, 6.45) is 14.3. The van der Waals surface area contributed by atoms with Crippen LogP contribution in [0.5, 0.6) is 5.75 Å². The topological polar surface area (TPSA) is 9.23 Å². The Hall–Kier alpha value is -1.76. The van der Waals surface area contributed by atoms with E-state index in [4.69, 9.17) is 4.74 Å². The Balaban J connectivity index is 1.70. The predicted molar refractivity (Wildman–Crippen MR) is 128 cm³/mol. The van der Waals surface area contributed by atoms with Gasteiger partial charge in [-0.15, -0.1) is 0 Å². The first-order chi connectivity index (χ1) is 14.2. The summed E-state index contributed by atoms with van der Waals surface area (Å²) in [5.41, 5.74) is 4.01. The van der Waals surface area contributed by atoms with Crippen LogP contribution < -0.4 is 4.74 Å². The maximum Gasteiger partial charge on any atom is 0.119 e. The van der Waals surface area contributed by atoms with Gasteiger partial charge in [0.25, 0.3) is 0 Å². The van der Waals surface area contributed by atoms with Crippen molar-refractivity contribution in [1.29, 1.82) is 0 Å². The molecule has 0 unspecified atom stereocenters. The summed E-state index contributed by atoms with van der Waals surface area (Å²) in [4.78, 5) is 0. The highest BCUT2D eigenvalue weighted by Gasteiger charge is 2.02. The summed E-state index contributed by atoms with van der Waals surface area (Å²) < 4.78 is 5.88. The fourth-order valence-electron chi connectivity index (χ4n) is 3.71. The molecule has 0 aromatic heterocycles. The first-order valence-electron chi connectivity index (χ1n) is 12.0. The molecule has 0 bridgehead atoms. The van der Waals surface area contributed by atoms with Crippen molar-refractivity contribution >= 4 is 0 Å². The minimum absolute atomic E-state index is 0.828. The lowest BCUT2D eigenvalue weighted by Gasteiger charge is -2.09. The number of unbranched alkanes of at least 4 members (excludes halogenated alkanes) is 6. The molecular weight excluding hydrogens is 352 g/mol. The van der Waals surface area contributed by atoms with Crippen molar-refractivity contribution in [3.63, 3.8) is 0 Å². The molecule has 0 aliphatic heterocycles. The van der Waals surface area contributed by atoms with E-state index in [1.165, 1.54) is 80.9 Å². The Morgan fingerprint density at radius 2 is 1.31 bits per heavy atom. The highest BCUT2D eigenvalue weighted by Crippen LogP contribution is 2.24. The lowest BCUT2D eigenvalue weighted by Crippen LogP contribution is -1.97. The van der Waals surface area contributed by atoms with E-state index in [0.717, 1.165) is 24.7 Å². The smallest absolute Gasteiger partial charge is 0.119 e. The third-order valence-electron chi connectivity index (χ3n) is 6.02. The minimum Gasteiger partial charge on any atom is -0.494 e. The fraction of sp³-hybridized carbons (Fsp3) is 0.571. The molecule has 0 radical (unpaired) electrons. The van der Waals surface area contributed by atoms with E-state index in [0.29, 0.717) is 0 Å². The Morgan fingerprint density at radius 3 is 1.97 bits per heavy atom. The average molecular weight is 395 g/mol. The Kier molecular flexibility index (Phi) is 11.6. The van der Waals surface area contributed by atoms with Gasteiger partial charge >= 0.3 is 0 Å². The molecule has 1 heteroatoms. The summed E-state index contributed by atoms with van der Waals surface area (Å²) in [6, 6.07) is 17.7. The van der Waals surface area contributed by atoms with Crippen molar-refractivity contribution in [3.05, 3.63) is 54.1 Å². The van der Waals surface area contributed by atoms with Gasteiger partial charge in [-0.25, -0.2) is 0 Å². The molecule has 0 heterocycles. The molecule has 0 fully saturated rings. The first-order valence-corrected chi connectivity index (χ1v) is 12.0. The van der Waals surface area contributed by atoms with Gasteiger partial charge in [0, 0.05) is 0 Å². The molecule has 1 atom stereocenters. The largest absolute Gasteiger partial charge is 0.494 e. The van der Waals surface area contributed by atoms with Crippen LogP contribution in [-0.2, 0) is 6.42 Å². The monoisotopic (exact) mass is 394 g/mol. The van der Waals surface area contributed by atoms with Gasteiger partial charge < -0.3 is 4.74 Å². The molecule has 1 nitrogen and oxygen atoms in total. The van der Waals surface area contributed by atoms with Gasteiger partial charge in [0.2, 0.25) is 0 Å². The second kappa shape index (κ2) is 14.3. The fourth-order valence-corrected chi connectivity index (χ4v) is 3.71. The van der Waals surface area contributed by atoms with Crippen LogP contribution in [0.1, 0.15) is 90.5 Å². The van der Waals surface area contributed by atoms with E-state index >= 15 is 0 Å². The maximum atomic E-state index is 5.88. The number of ether oxygens (including phenoxy) is 1. The zero-order chi connectivity index (χ0) is 20.7. The number of benzene rings is 2. The van der Waals surface area contributed by atoms with E-state index in [9.17, 15) is 0 Å². The third-order valence-corrected chi connectivity index (χ3v) is 6.02. The van der Waals surface area contributed by atoms with Crippen molar-refractivity contribution in [3.8, 4) is 16.9 Å². The number of rotatable bonds is 15. The molecule has 0 N–H and O–H groups in total. The van der Waals surface area contributed by atoms with E-state index in [1.807, 2.05) is 0 Å². The summed E-state index contributed by atoms with van der Waals surface area (Å²) >= 11 is 0. The molecule has 0 saturated carbocycles. The zero-order valence-electron chi connectivity index (χ0n) is 19.1. The maximum absolute atomic E-state index is 5.88. The summed E-state index contributed by atoms with van der Waals surface area (Å²) in [6.45, 7) is 7.74. The predicted octanol–water partition coefficient (Wildman–Crippen LogP) is 8.85. The average Bonchev–Trinajstić information content (AvgIpc) is 2.76. The van der Waals surface area contributed by atoms with Crippen molar-refractivity contribution in [2.45, 2.75) is 91.4 Å². The van der Waals surface area contributed by atoms with Crippen LogP contribution >= 0.6 is 0 Å². The zero-order valence-corrected chi connectivity index (χ0v) is 19.1. The van der Waals surface area contributed by atoms with Crippen LogP contribution in [0.3, 0.4) is 0 Å². The molecule has 0 aliphatic rings. The van der Waals surface area contributed by atoms with Crippen molar-refractivity contribution in [2.75, 3.05) is 6.61 Å². The molecule has 0 saturated heterocycles. The van der Waals surface area contributed by atoms with Gasteiger partial charge in [-0.3, -0.25) is 0 Å². The third kappa shape index (κ3) is 9.52. The lowest BCUT2D eigenvalue weighted by atomic mass is 9.98. The molecule has 0 spiro atoms. The van der Waals surface area contributed by atoms with E-state index in [-0.39, 0.29) is 0 Å². The molecule has 29 heavy (non-hydrogen) atoms. The number of aryl methyl sites for hydroxylation is 1. The Labute approximate surface area is 179 Å². The molecule has 0 aliphatic carbocycles. The van der Waals surface area contributed by atoms with E-state index in [1.54, 1.807) is 0 Å². The minimum atomic E-state index is 0.828. The van der Waals surface area contributed by atoms with E-state index in [2.05, 4.69) is 69.3 Å². The van der Waals surface area contributed by atoms with Crippen LogP contribution in [0.4, 0.5) is 0 Å². The van der Waals surface area contributed by atoms with Crippen molar-refractivity contribution < 1.29 is 4.74 Å². The lowest BCUT2D eigenvalue weighted by molar-refractivity contribution is 0.304. The van der Waals surface area contributed by atoms with Gasteiger partial charge in [0.05, 0.1) is 6.61 Å². The Morgan fingerprint density at radius 1 is 0.690 bits per heavy atom. The van der Waals surface area contributed by atoms with Crippen LogP contribution in [0.25, 0.3) is 11.1 Å².